The van der Waals surface area contributed by atoms with Crippen molar-refractivity contribution < 1.29 is 4.79 Å². The molecule has 23 heavy (non-hydrogen) atoms. The average Bonchev–Trinajstić information content (AvgIpc) is 2.57. The number of rotatable bonds is 5. The summed E-state index contributed by atoms with van der Waals surface area (Å²) in [6.07, 6.45) is 2.87. The molecule has 5 nitrogen and oxygen atoms in total. The minimum absolute atomic E-state index is 0.0484. The van der Waals surface area contributed by atoms with Crippen LogP contribution in [-0.4, -0.2) is 10.9 Å². The summed E-state index contributed by atoms with van der Waals surface area (Å²) in [5.41, 5.74) is 1.43. The molecule has 0 aliphatic heterocycles. The van der Waals surface area contributed by atoms with Gasteiger partial charge in [-0.05, 0) is 24.6 Å². The normalized spacial score (nSPS) is 12.1. The van der Waals surface area contributed by atoms with Gasteiger partial charge in [0.2, 0.25) is 0 Å². The maximum absolute atomic E-state index is 12.2. The van der Waals surface area contributed by atoms with Crippen LogP contribution in [0.2, 0.25) is 5.15 Å². The molecule has 6 heteroatoms. The number of carbonyl (C=O) groups excluding carboxylic acids is 1. The van der Waals surface area contributed by atoms with Gasteiger partial charge in [0.05, 0.1) is 11.7 Å². The van der Waals surface area contributed by atoms with E-state index >= 15 is 0 Å². The average molecular weight is 327 g/mol. The number of amides is 1. The van der Waals surface area contributed by atoms with E-state index in [1.54, 1.807) is 18.3 Å². The number of pyridine rings is 1. The van der Waals surface area contributed by atoms with Crippen molar-refractivity contribution in [1.82, 2.24) is 10.3 Å². The first-order valence-electron chi connectivity index (χ1n) is 6.95. The van der Waals surface area contributed by atoms with E-state index in [1.165, 1.54) is 6.20 Å². The van der Waals surface area contributed by atoms with Gasteiger partial charge in [0, 0.05) is 12.4 Å². The largest absolute Gasteiger partial charge is 0.358 e. The number of halogens is 1. The zero-order chi connectivity index (χ0) is 16.7. The SMILES string of the molecule is CC(NC(=O)/C(C#N)=C\Nc1cccnc1Cl)c1ccccc1. The van der Waals surface area contributed by atoms with Crippen molar-refractivity contribution in [2.75, 3.05) is 5.32 Å². The molecule has 0 spiro atoms. The summed E-state index contributed by atoms with van der Waals surface area (Å²) in [6, 6.07) is 14.6. The maximum atomic E-state index is 12.2. The molecule has 1 unspecified atom stereocenters. The molecular formula is C17H15ClN4O. The molecule has 1 heterocycles. The predicted octanol–water partition coefficient (Wildman–Crippen LogP) is 3.43. The molecule has 0 aliphatic carbocycles. The summed E-state index contributed by atoms with van der Waals surface area (Å²) in [6.45, 7) is 1.85. The van der Waals surface area contributed by atoms with Crippen LogP contribution in [0.1, 0.15) is 18.5 Å². The lowest BCUT2D eigenvalue weighted by Crippen LogP contribution is -2.28. The molecule has 1 atom stereocenters. The zero-order valence-electron chi connectivity index (χ0n) is 12.5. The number of hydrogen-bond acceptors (Lipinski definition) is 4. The highest BCUT2D eigenvalue weighted by Gasteiger charge is 2.13. The molecule has 0 aliphatic rings. The number of nitriles is 1. The number of nitrogens with one attached hydrogen (secondary N) is 2. The summed E-state index contributed by atoms with van der Waals surface area (Å²) in [7, 11) is 0. The Hall–Kier alpha value is -2.84. The van der Waals surface area contributed by atoms with E-state index in [2.05, 4.69) is 15.6 Å². The Morgan fingerprint density at radius 1 is 1.30 bits per heavy atom. The first-order valence-corrected chi connectivity index (χ1v) is 7.32. The third kappa shape index (κ3) is 4.56. The molecule has 1 aromatic heterocycles. The molecule has 116 valence electrons. The molecule has 2 N–H and O–H groups in total. The van der Waals surface area contributed by atoms with Gasteiger partial charge in [0.15, 0.2) is 5.15 Å². The van der Waals surface area contributed by atoms with Gasteiger partial charge in [-0.2, -0.15) is 5.26 Å². The maximum Gasteiger partial charge on any atom is 0.263 e. The molecular weight excluding hydrogens is 312 g/mol. The Labute approximate surface area is 139 Å². The number of aromatic nitrogens is 1. The minimum Gasteiger partial charge on any atom is -0.358 e. The Morgan fingerprint density at radius 2 is 2.04 bits per heavy atom. The number of hydrogen-bond donors (Lipinski definition) is 2. The lowest BCUT2D eigenvalue weighted by atomic mass is 10.1. The summed E-state index contributed by atoms with van der Waals surface area (Å²) in [5, 5.41) is 15.0. The summed E-state index contributed by atoms with van der Waals surface area (Å²) in [5.74, 6) is -0.462. The van der Waals surface area contributed by atoms with Crippen LogP contribution in [0.25, 0.3) is 0 Å². The number of nitrogens with zero attached hydrogens (tertiary/aromatic N) is 2. The van der Waals surface area contributed by atoms with Crippen molar-refractivity contribution in [3.63, 3.8) is 0 Å². The van der Waals surface area contributed by atoms with Crippen molar-refractivity contribution in [1.29, 1.82) is 5.26 Å². The van der Waals surface area contributed by atoms with Crippen LogP contribution in [-0.2, 0) is 4.79 Å². The fourth-order valence-electron chi connectivity index (χ4n) is 1.89. The molecule has 0 saturated carbocycles. The van der Waals surface area contributed by atoms with E-state index in [0.717, 1.165) is 5.56 Å². The van der Waals surface area contributed by atoms with Crippen molar-refractivity contribution in [3.8, 4) is 6.07 Å². The standard InChI is InChI=1S/C17H15ClN4O/c1-12(13-6-3-2-4-7-13)22-17(23)14(10-19)11-21-15-8-5-9-20-16(15)18/h2-9,11-12,21H,1H3,(H,22,23)/b14-11-. The number of carbonyl (C=O) groups is 1. The van der Waals surface area contributed by atoms with Gasteiger partial charge >= 0.3 is 0 Å². The summed E-state index contributed by atoms with van der Waals surface area (Å²) in [4.78, 5) is 16.1. The fraction of sp³-hybridized carbons (Fsp3) is 0.118. The zero-order valence-corrected chi connectivity index (χ0v) is 13.2. The van der Waals surface area contributed by atoms with E-state index in [9.17, 15) is 4.79 Å². The molecule has 0 fully saturated rings. The first-order chi connectivity index (χ1) is 11.1. The molecule has 2 aromatic rings. The number of benzene rings is 1. The third-order valence-electron chi connectivity index (χ3n) is 3.14. The highest BCUT2D eigenvalue weighted by molar-refractivity contribution is 6.32. The second kappa shape index (κ2) is 7.97. The molecule has 0 radical (unpaired) electrons. The van der Waals surface area contributed by atoms with E-state index in [0.29, 0.717) is 5.69 Å². The van der Waals surface area contributed by atoms with Gasteiger partial charge in [-0.3, -0.25) is 4.79 Å². The molecule has 1 amide bonds. The Morgan fingerprint density at radius 3 is 2.70 bits per heavy atom. The van der Waals surface area contributed by atoms with Gasteiger partial charge in [-0.15, -0.1) is 0 Å². The van der Waals surface area contributed by atoms with Crippen LogP contribution in [0.5, 0.6) is 0 Å². The Balaban J connectivity index is 2.05. The molecule has 0 bridgehead atoms. The van der Waals surface area contributed by atoms with Crippen LogP contribution >= 0.6 is 11.6 Å². The van der Waals surface area contributed by atoms with Gasteiger partial charge < -0.3 is 10.6 Å². The second-order valence-corrected chi connectivity index (χ2v) is 5.12. The predicted molar refractivity (Wildman–Crippen MR) is 89.6 cm³/mol. The van der Waals surface area contributed by atoms with Crippen LogP contribution in [0, 0.1) is 11.3 Å². The van der Waals surface area contributed by atoms with Crippen LogP contribution in [0.4, 0.5) is 5.69 Å². The van der Waals surface area contributed by atoms with E-state index < -0.39 is 5.91 Å². The Kier molecular flexibility index (Phi) is 5.73. The molecule has 0 saturated heterocycles. The highest BCUT2D eigenvalue weighted by atomic mass is 35.5. The summed E-state index contributed by atoms with van der Waals surface area (Å²) < 4.78 is 0. The van der Waals surface area contributed by atoms with Gasteiger partial charge in [-0.25, -0.2) is 4.98 Å². The van der Waals surface area contributed by atoms with Gasteiger partial charge in [-0.1, -0.05) is 41.9 Å². The van der Waals surface area contributed by atoms with Crippen molar-refractivity contribution in [2.24, 2.45) is 0 Å². The van der Waals surface area contributed by atoms with Gasteiger partial charge in [0.25, 0.3) is 5.91 Å². The molecule has 1 aromatic carbocycles. The van der Waals surface area contributed by atoms with Crippen LogP contribution in [0.15, 0.2) is 60.4 Å². The van der Waals surface area contributed by atoms with E-state index in [4.69, 9.17) is 16.9 Å². The molecule has 2 rings (SSSR count). The van der Waals surface area contributed by atoms with Crippen LogP contribution < -0.4 is 10.6 Å². The lowest BCUT2D eigenvalue weighted by Gasteiger charge is -2.13. The number of anilines is 1. The van der Waals surface area contributed by atoms with Crippen molar-refractivity contribution in [2.45, 2.75) is 13.0 Å². The first kappa shape index (κ1) is 16.5. The third-order valence-corrected chi connectivity index (χ3v) is 3.44. The van der Waals surface area contributed by atoms with Crippen molar-refractivity contribution >= 4 is 23.2 Å². The van der Waals surface area contributed by atoms with Crippen LogP contribution in [0.3, 0.4) is 0 Å². The fourth-order valence-corrected chi connectivity index (χ4v) is 2.07. The van der Waals surface area contributed by atoms with E-state index in [-0.39, 0.29) is 16.8 Å². The summed E-state index contributed by atoms with van der Waals surface area (Å²) >= 11 is 5.91. The monoisotopic (exact) mass is 326 g/mol. The topological polar surface area (TPSA) is 77.8 Å². The van der Waals surface area contributed by atoms with E-state index in [1.807, 2.05) is 43.3 Å². The van der Waals surface area contributed by atoms with Gasteiger partial charge in [0.1, 0.15) is 11.6 Å². The minimum atomic E-state index is -0.462. The smallest absolute Gasteiger partial charge is 0.263 e. The Bertz CT molecular complexity index is 753. The van der Waals surface area contributed by atoms with Crippen molar-refractivity contribution in [3.05, 3.63) is 71.2 Å². The quantitative estimate of drug-likeness (QED) is 0.501. The highest BCUT2D eigenvalue weighted by Crippen LogP contribution is 2.18. The second-order valence-electron chi connectivity index (χ2n) is 4.76. The lowest BCUT2D eigenvalue weighted by molar-refractivity contribution is -0.117.